The van der Waals surface area contributed by atoms with E-state index in [0.29, 0.717) is 28.5 Å². The van der Waals surface area contributed by atoms with E-state index in [2.05, 4.69) is 5.32 Å². The Balaban J connectivity index is 2.08. The summed E-state index contributed by atoms with van der Waals surface area (Å²) in [7, 11) is 4.67. The fourth-order valence-corrected chi connectivity index (χ4v) is 3.58. The van der Waals surface area contributed by atoms with Crippen LogP contribution in [0.25, 0.3) is 0 Å². The minimum absolute atomic E-state index is 0.0121. The van der Waals surface area contributed by atoms with Crippen LogP contribution in [0.15, 0.2) is 47.7 Å². The summed E-state index contributed by atoms with van der Waals surface area (Å²) in [6.45, 7) is 5.96. The van der Waals surface area contributed by atoms with Crippen LogP contribution in [0.4, 0.5) is 4.79 Å². The molecule has 0 fully saturated rings. The molecular weight excluding hydrogens is 424 g/mol. The number of carbonyl (C=O) groups is 2. The highest BCUT2D eigenvalue weighted by Gasteiger charge is 2.37. The molecule has 8 heteroatoms. The molecule has 2 aromatic carbocycles. The third-order valence-electron chi connectivity index (χ3n) is 5.63. The van der Waals surface area contributed by atoms with E-state index in [4.69, 9.17) is 18.9 Å². The standard InChI is InChI=1S/C25H30N2O6/c1-7-32-24(28)22-21(14-33-18-9-8-15(2)16(3)10-18)27(4)25(29)26-23(22)17-11-19(30-5)13-20(12-17)31-6/h8-13,23H,7,14H2,1-6H3,(H,26,29). The molecule has 1 unspecified atom stereocenters. The van der Waals surface area contributed by atoms with Gasteiger partial charge in [-0.2, -0.15) is 0 Å². The smallest absolute Gasteiger partial charge is 0.338 e. The van der Waals surface area contributed by atoms with Crippen LogP contribution in [0.1, 0.15) is 29.7 Å². The molecule has 1 N–H and O–H groups in total. The Morgan fingerprint density at radius 2 is 1.67 bits per heavy atom. The van der Waals surface area contributed by atoms with E-state index in [1.54, 1.807) is 32.2 Å². The summed E-state index contributed by atoms with van der Waals surface area (Å²) in [4.78, 5) is 27.3. The van der Waals surface area contributed by atoms with Gasteiger partial charge in [0, 0.05) is 13.1 Å². The van der Waals surface area contributed by atoms with Gasteiger partial charge in [0.25, 0.3) is 0 Å². The molecule has 1 heterocycles. The van der Waals surface area contributed by atoms with Gasteiger partial charge in [-0.3, -0.25) is 4.90 Å². The van der Waals surface area contributed by atoms with E-state index in [1.165, 1.54) is 19.1 Å². The molecule has 8 nitrogen and oxygen atoms in total. The molecule has 0 spiro atoms. The van der Waals surface area contributed by atoms with Gasteiger partial charge in [0.1, 0.15) is 23.9 Å². The zero-order chi connectivity index (χ0) is 24.1. The lowest BCUT2D eigenvalue weighted by Crippen LogP contribution is -2.48. The zero-order valence-corrected chi connectivity index (χ0v) is 19.9. The maximum atomic E-state index is 13.1. The summed E-state index contributed by atoms with van der Waals surface area (Å²) in [6.07, 6.45) is 0. The zero-order valence-electron chi connectivity index (χ0n) is 19.9. The van der Waals surface area contributed by atoms with Gasteiger partial charge in [-0.15, -0.1) is 0 Å². The number of rotatable bonds is 8. The lowest BCUT2D eigenvalue weighted by Gasteiger charge is -2.34. The number of esters is 1. The summed E-state index contributed by atoms with van der Waals surface area (Å²) in [5, 5.41) is 2.88. The average Bonchev–Trinajstić information content (AvgIpc) is 2.81. The fraction of sp³-hybridized carbons (Fsp3) is 0.360. The highest BCUT2D eigenvalue weighted by Crippen LogP contribution is 2.35. The predicted octanol–water partition coefficient (Wildman–Crippen LogP) is 3.91. The number of urea groups is 1. The maximum absolute atomic E-state index is 13.1. The molecule has 1 aliphatic rings. The number of likely N-dealkylation sites (N-methyl/N-ethyl adjacent to an activating group) is 1. The molecule has 0 bridgehead atoms. The largest absolute Gasteiger partial charge is 0.497 e. The van der Waals surface area contributed by atoms with Crippen LogP contribution in [-0.2, 0) is 9.53 Å². The second-order valence-corrected chi connectivity index (χ2v) is 7.70. The molecule has 176 valence electrons. The Morgan fingerprint density at radius 1 is 1.00 bits per heavy atom. The van der Waals surface area contributed by atoms with Crippen molar-refractivity contribution in [2.24, 2.45) is 0 Å². The Bertz CT molecular complexity index is 1060. The molecule has 2 aromatic rings. The van der Waals surface area contributed by atoms with Gasteiger partial charge in [0.2, 0.25) is 0 Å². The average molecular weight is 455 g/mol. The summed E-state index contributed by atoms with van der Waals surface area (Å²) in [5.74, 6) is 1.19. The Hall–Kier alpha value is -3.68. The van der Waals surface area contributed by atoms with Crippen LogP contribution in [0, 0.1) is 13.8 Å². The van der Waals surface area contributed by atoms with Crippen molar-refractivity contribution < 1.29 is 28.5 Å². The third-order valence-corrected chi connectivity index (χ3v) is 5.63. The van der Waals surface area contributed by atoms with Crippen molar-refractivity contribution in [2.45, 2.75) is 26.8 Å². The third kappa shape index (κ3) is 5.22. The van der Waals surface area contributed by atoms with E-state index in [-0.39, 0.29) is 24.8 Å². The Morgan fingerprint density at radius 3 is 2.24 bits per heavy atom. The van der Waals surface area contributed by atoms with Gasteiger partial charge in [-0.25, -0.2) is 9.59 Å². The number of hydrogen-bond acceptors (Lipinski definition) is 6. The van der Waals surface area contributed by atoms with Crippen molar-refractivity contribution >= 4 is 12.0 Å². The lowest BCUT2D eigenvalue weighted by atomic mass is 9.94. The maximum Gasteiger partial charge on any atom is 0.338 e. The lowest BCUT2D eigenvalue weighted by molar-refractivity contribution is -0.139. The summed E-state index contributed by atoms with van der Waals surface area (Å²) >= 11 is 0. The van der Waals surface area contributed by atoms with E-state index in [9.17, 15) is 9.59 Å². The molecule has 0 aliphatic carbocycles. The molecule has 2 amide bonds. The SMILES string of the molecule is CCOC(=O)C1=C(COc2ccc(C)c(C)c2)N(C)C(=O)NC1c1cc(OC)cc(OC)c1. The van der Waals surface area contributed by atoms with Crippen LogP contribution in [-0.4, -0.2) is 51.4 Å². The van der Waals surface area contributed by atoms with Crippen molar-refractivity contribution in [1.29, 1.82) is 0 Å². The minimum Gasteiger partial charge on any atom is -0.497 e. The van der Waals surface area contributed by atoms with Crippen LogP contribution < -0.4 is 19.5 Å². The van der Waals surface area contributed by atoms with Gasteiger partial charge in [-0.1, -0.05) is 6.07 Å². The van der Waals surface area contributed by atoms with E-state index >= 15 is 0 Å². The number of nitrogens with zero attached hydrogens (tertiary/aromatic N) is 1. The van der Waals surface area contributed by atoms with Gasteiger partial charge >= 0.3 is 12.0 Å². The molecular formula is C25H30N2O6. The van der Waals surface area contributed by atoms with E-state index in [0.717, 1.165) is 11.1 Å². The molecule has 0 aromatic heterocycles. The molecule has 1 aliphatic heterocycles. The highest BCUT2D eigenvalue weighted by molar-refractivity contribution is 5.95. The normalized spacial score (nSPS) is 15.8. The first kappa shape index (κ1) is 24.0. The molecule has 0 radical (unpaired) electrons. The first-order valence-electron chi connectivity index (χ1n) is 10.7. The van der Waals surface area contributed by atoms with E-state index in [1.807, 2.05) is 32.0 Å². The minimum atomic E-state index is -0.768. The number of nitrogens with one attached hydrogen (secondary N) is 1. The van der Waals surface area contributed by atoms with Crippen molar-refractivity contribution in [1.82, 2.24) is 10.2 Å². The van der Waals surface area contributed by atoms with Gasteiger partial charge < -0.3 is 24.3 Å². The van der Waals surface area contributed by atoms with Crippen molar-refractivity contribution in [3.05, 3.63) is 64.4 Å². The fourth-order valence-electron chi connectivity index (χ4n) is 3.58. The van der Waals surface area contributed by atoms with Gasteiger partial charge in [0.05, 0.1) is 38.1 Å². The molecule has 0 saturated heterocycles. The number of methoxy groups -OCH3 is 2. The summed E-state index contributed by atoms with van der Waals surface area (Å²) in [6, 6.07) is 9.84. The summed E-state index contributed by atoms with van der Waals surface area (Å²) < 4.78 is 22.1. The highest BCUT2D eigenvalue weighted by atomic mass is 16.5. The second-order valence-electron chi connectivity index (χ2n) is 7.70. The van der Waals surface area contributed by atoms with Crippen LogP contribution in [0.5, 0.6) is 17.2 Å². The topological polar surface area (TPSA) is 86.3 Å². The Labute approximate surface area is 194 Å². The number of aryl methyl sites for hydroxylation is 2. The second kappa shape index (κ2) is 10.3. The Kier molecular flexibility index (Phi) is 7.48. The number of hydrogen-bond donors (Lipinski definition) is 1. The number of amides is 2. The molecule has 1 atom stereocenters. The van der Waals surface area contributed by atoms with E-state index < -0.39 is 12.0 Å². The summed E-state index contributed by atoms with van der Waals surface area (Å²) in [5.41, 5.74) is 3.57. The van der Waals surface area contributed by atoms with Crippen LogP contribution in [0.2, 0.25) is 0 Å². The monoisotopic (exact) mass is 454 g/mol. The van der Waals surface area contributed by atoms with Crippen molar-refractivity contribution in [3.63, 3.8) is 0 Å². The predicted molar refractivity (Wildman–Crippen MR) is 124 cm³/mol. The van der Waals surface area contributed by atoms with Crippen molar-refractivity contribution in [3.8, 4) is 17.2 Å². The number of carbonyl (C=O) groups excluding carboxylic acids is 2. The van der Waals surface area contributed by atoms with Crippen LogP contribution in [0.3, 0.4) is 0 Å². The quantitative estimate of drug-likeness (QED) is 0.609. The van der Waals surface area contributed by atoms with Gasteiger partial charge in [0.15, 0.2) is 0 Å². The first-order valence-corrected chi connectivity index (χ1v) is 10.7. The van der Waals surface area contributed by atoms with Crippen LogP contribution >= 0.6 is 0 Å². The molecule has 33 heavy (non-hydrogen) atoms. The number of benzene rings is 2. The first-order chi connectivity index (χ1) is 15.8. The molecule has 3 rings (SSSR count). The van der Waals surface area contributed by atoms with Crippen molar-refractivity contribution in [2.75, 3.05) is 34.5 Å². The number of ether oxygens (including phenoxy) is 4. The van der Waals surface area contributed by atoms with Gasteiger partial charge in [-0.05, 0) is 61.7 Å². The molecule has 0 saturated carbocycles.